The average Bonchev–Trinajstić information content (AvgIpc) is 3.21. The van der Waals surface area contributed by atoms with Crippen molar-refractivity contribution in [2.45, 2.75) is 13.5 Å². The van der Waals surface area contributed by atoms with Crippen LogP contribution in [0.5, 0.6) is 11.5 Å². The standard InChI is InChI=1S/C21H22N2O3S/c1-4-23(2)21(24)19-14-27-20(22-19)16-8-10-17(11-9-16)26-13-15-6-5-7-18(12-15)25-3/h5-12,14H,4,13H2,1-3H3. The molecule has 0 unspecified atom stereocenters. The van der Waals surface area contributed by atoms with Crippen LogP contribution in [0.4, 0.5) is 0 Å². The maximum atomic E-state index is 12.2. The summed E-state index contributed by atoms with van der Waals surface area (Å²) in [5.41, 5.74) is 2.49. The number of carbonyl (C=O) groups is 1. The molecule has 3 rings (SSSR count). The second-order valence-electron chi connectivity index (χ2n) is 6.02. The summed E-state index contributed by atoms with van der Waals surface area (Å²) in [4.78, 5) is 18.3. The lowest BCUT2D eigenvalue weighted by Crippen LogP contribution is -2.26. The van der Waals surface area contributed by atoms with Crippen LogP contribution in [0.2, 0.25) is 0 Å². The SMILES string of the molecule is CCN(C)C(=O)c1csc(-c2ccc(OCc3cccc(OC)c3)cc2)n1. The lowest BCUT2D eigenvalue weighted by atomic mass is 10.2. The van der Waals surface area contributed by atoms with E-state index >= 15 is 0 Å². The van der Waals surface area contributed by atoms with E-state index in [2.05, 4.69) is 4.98 Å². The fourth-order valence-corrected chi connectivity index (χ4v) is 3.27. The van der Waals surface area contributed by atoms with Crippen LogP contribution < -0.4 is 9.47 Å². The van der Waals surface area contributed by atoms with E-state index in [0.29, 0.717) is 18.8 Å². The third kappa shape index (κ3) is 4.65. The second kappa shape index (κ2) is 8.68. The minimum absolute atomic E-state index is 0.0572. The Morgan fingerprint density at radius 3 is 2.63 bits per heavy atom. The lowest BCUT2D eigenvalue weighted by Gasteiger charge is -2.11. The summed E-state index contributed by atoms with van der Waals surface area (Å²) < 4.78 is 11.1. The van der Waals surface area contributed by atoms with Crippen molar-refractivity contribution in [1.82, 2.24) is 9.88 Å². The average molecular weight is 382 g/mol. The van der Waals surface area contributed by atoms with Gasteiger partial charge in [0.25, 0.3) is 5.91 Å². The topological polar surface area (TPSA) is 51.7 Å². The van der Waals surface area contributed by atoms with Gasteiger partial charge in [0.1, 0.15) is 28.8 Å². The number of amides is 1. The van der Waals surface area contributed by atoms with Gasteiger partial charge in [0.15, 0.2) is 0 Å². The molecule has 0 atom stereocenters. The minimum atomic E-state index is -0.0572. The molecule has 0 N–H and O–H groups in total. The van der Waals surface area contributed by atoms with Gasteiger partial charge in [0.05, 0.1) is 7.11 Å². The Kier molecular flexibility index (Phi) is 6.08. The molecule has 1 amide bonds. The van der Waals surface area contributed by atoms with Crippen LogP contribution in [0.15, 0.2) is 53.9 Å². The van der Waals surface area contributed by atoms with E-state index in [1.54, 1.807) is 24.4 Å². The highest BCUT2D eigenvalue weighted by Crippen LogP contribution is 2.26. The summed E-state index contributed by atoms with van der Waals surface area (Å²) in [5.74, 6) is 1.53. The minimum Gasteiger partial charge on any atom is -0.497 e. The first-order valence-electron chi connectivity index (χ1n) is 8.68. The van der Waals surface area contributed by atoms with E-state index in [0.717, 1.165) is 27.6 Å². The van der Waals surface area contributed by atoms with Crippen LogP contribution in [0, 0.1) is 0 Å². The summed E-state index contributed by atoms with van der Waals surface area (Å²) in [6, 6.07) is 15.5. The van der Waals surface area contributed by atoms with E-state index in [9.17, 15) is 4.79 Å². The Bertz CT molecular complexity index is 906. The number of benzene rings is 2. The summed E-state index contributed by atoms with van der Waals surface area (Å²) in [6.07, 6.45) is 0. The van der Waals surface area contributed by atoms with E-state index in [1.807, 2.05) is 55.5 Å². The first-order chi connectivity index (χ1) is 13.1. The Labute approximate surface area is 163 Å². The fourth-order valence-electron chi connectivity index (χ4n) is 2.47. The largest absolute Gasteiger partial charge is 0.497 e. The number of nitrogens with zero attached hydrogens (tertiary/aromatic N) is 2. The van der Waals surface area contributed by atoms with Crippen molar-refractivity contribution in [3.63, 3.8) is 0 Å². The van der Waals surface area contributed by atoms with E-state index < -0.39 is 0 Å². The monoisotopic (exact) mass is 382 g/mol. The fraction of sp³-hybridized carbons (Fsp3) is 0.238. The summed E-state index contributed by atoms with van der Waals surface area (Å²) in [5, 5.41) is 2.62. The van der Waals surface area contributed by atoms with Crippen LogP contribution in [0.1, 0.15) is 23.0 Å². The molecular formula is C21H22N2O3S. The molecule has 2 aromatic carbocycles. The maximum absolute atomic E-state index is 12.2. The summed E-state index contributed by atoms with van der Waals surface area (Å²) >= 11 is 1.47. The summed E-state index contributed by atoms with van der Waals surface area (Å²) in [7, 11) is 3.42. The van der Waals surface area contributed by atoms with Crippen LogP contribution in [0.3, 0.4) is 0 Å². The molecule has 0 fully saturated rings. The highest BCUT2D eigenvalue weighted by Gasteiger charge is 2.14. The van der Waals surface area contributed by atoms with Gasteiger partial charge < -0.3 is 14.4 Å². The molecule has 0 aliphatic heterocycles. The molecule has 0 radical (unpaired) electrons. The summed E-state index contributed by atoms with van der Waals surface area (Å²) in [6.45, 7) is 3.07. The molecule has 1 heterocycles. The predicted molar refractivity (Wildman–Crippen MR) is 108 cm³/mol. The van der Waals surface area contributed by atoms with Crippen molar-refractivity contribution in [1.29, 1.82) is 0 Å². The second-order valence-corrected chi connectivity index (χ2v) is 6.88. The van der Waals surface area contributed by atoms with Gasteiger partial charge in [0, 0.05) is 24.5 Å². The van der Waals surface area contributed by atoms with Gasteiger partial charge in [0.2, 0.25) is 0 Å². The molecule has 140 valence electrons. The molecule has 27 heavy (non-hydrogen) atoms. The lowest BCUT2D eigenvalue weighted by molar-refractivity contribution is 0.0797. The Morgan fingerprint density at radius 1 is 1.15 bits per heavy atom. The number of carbonyl (C=O) groups excluding carboxylic acids is 1. The van der Waals surface area contributed by atoms with Crippen LogP contribution in [-0.2, 0) is 6.61 Å². The van der Waals surface area contributed by atoms with Crippen molar-refractivity contribution in [2.75, 3.05) is 20.7 Å². The van der Waals surface area contributed by atoms with E-state index in [-0.39, 0.29) is 5.91 Å². The first kappa shape index (κ1) is 18.9. The molecule has 1 aromatic heterocycles. The predicted octanol–water partition coefficient (Wildman–Crippen LogP) is 4.49. The zero-order chi connectivity index (χ0) is 19.2. The molecule has 0 aliphatic rings. The van der Waals surface area contributed by atoms with Crippen LogP contribution >= 0.6 is 11.3 Å². The molecule has 0 saturated carbocycles. The Balaban J connectivity index is 1.65. The molecule has 0 spiro atoms. The zero-order valence-electron chi connectivity index (χ0n) is 15.6. The van der Waals surface area contributed by atoms with Gasteiger partial charge in [-0.15, -0.1) is 11.3 Å². The normalized spacial score (nSPS) is 10.5. The van der Waals surface area contributed by atoms with Gasteiger partial charge in [-0.1, -0.05) is 12.1 Å². The number of hydrogen-bond acceptors (Lipinski definition) is 5. The van der Waals surface area contributed by atoms with Gasteiger partial charge in [-0.05, 0) is 48.9 Å². The van der Waals surface area contributed by atoms with Crippen molar-refractivity contribution in [3.8, 4) is 22.1 Å². The molecule has 0 aliphatic carbocycles. The quantitative estimate of drug-likeness (QED) is 0.604. The third-order valence-electron chi connectivity index (χ3n) is 4.19. The highest BCUT2D eigenvalue weighted by atomic mass is 32.1. The molecule has 0 bridgehead atoms. The smallest absolute Gasteiger partial charge is 0.273 e. The van der Waals surface area contributed by atoms with Crippen molar-refractivity contribution < 1.29 is 14.3 Å². The number of methoxy groups -OCH3 is 1. The van der Waals surface area contributed by atoms with Crippen molar-refractivity contribution >= 4 is 17.2 Å². The highest BCUT2D eigenvalue weighted by molar-refractivity contribution is 7.13. The number of aromatic nitrogens is 1. The number of hydrogen-bond donors (Lipinski definition) is 0. The van der Waals surface area contributed by atoms with Crippen molar-refractivity contribution in [3.05, 3.63) is 65.2 Å². The van der Waals surface area contributed by atoms with Gasteiger partial charge in [-0.2, -0.15) is 0 Å². The number of rotatable bonds is 7. The van der Waals surface area contributed by atoms with Crippen molar-refractivity contribution in [2.24, 2.45) is 0 Å². The van der Waals surface area contributed by atoms with Gasteiger partial charge >= 0.3 is 0 Å². The van der Waals surface area contributed by atoms with Gasteiger partial charge in [-0.25, -0.2) is 4.98 Å². The molecule has 5 nitrogen and oxygen atoms in total. The van der Waals surface area contributed by atoms with E-state index in [1.165, 1.54) is 11.3 Å². The third-order valence-corrected chi connectivity index (χ3v) is 5.08. The molecule has 3 aromatic rings. The van der Waals surface area contributed by atoms with Crippen LogP contribution in [0.25, 0.3) is 10.6 Å². The van der Waals surface area contributed by atoms with Crippen LogP contribution in [-0.4, -0.2) is 36.5 Å². The van der Waals surface area contributed by atoms with Gasteiger partial charge in [-0.3, -0.25) is 4.79 Å². The number of thiazole rings is 1. The Hall–Kier alpha value is -2.86. The zero-order valence-corrected chi connectivity index (χ0v) is 16.5. The number of ether oxygens (including phenoxy) is 2. The Morgan fingerprint density at radius 2 is 1.93 bits per heavy atom. The molecule has 0 saturated heterocycles. The molecular weight excluding hydrogens is 360 g/mol. The first-order valence-corrected chi connectivity index (χ1v) is 9.56. The maximum Gasteiger partial charge on any atom is 0.273 e. The molecule has 6 heteroatoms. The van der Waals surface area contributed by atoms with E-state index in [4.69, 9.17) is 9.47 Å².